The lowest BCUT2D eigenvalue weighted by atomic mass is 9.99. The van der Waals surface area contributed by atoms with E-state index in [1.54, 1.807) is 6.08 Å². The second-order valence-corrected chi connectivity index (χ2v) is 26.1. The first-order chi connectivity index (χ1) is 41.3. The summed E-state index contributed by atoms with van der Waals surface area (Å²) in [5, 5.41) is 54.8. The molecule has 0 saturated carbocycles. The van der Waals surface area contributed by atoms with Crippen molar-refractivity contribution in [3.05, 3.63) is 36.5 Å². The first kappa shape index (κ1) is 80.4. The number of allylic oxidation sites excluding steroid dienone is 5. The van der Waals surface area contributed by atoms with Crippen LogP contribution in [0.5, 0.6) is 0 Å². The summed E-state index contributed by atoms with van der Waals surface area (Å²) >= 11 is 0. The van der Waals surface area contributed by atoms with E-state index >= 15 is 0 Å². The van der Waals surface area contributed by atoms with Gasteiger partial charge in [0.25, 0.3) is 0 Å². The van der Waals surface area contributed by atoms with Crippen LogP contribution in [0.15, 0.2) is 36.5 Å². The molecule has 1 aliphatic heterocycles. The minimum atomic E-state index is -1.57. The number of hydrogen-bond acceptors (Lipinski definition) is 8. The molecule has 496 valence electrons. The number of nitrogens with one attached hydrogen (secondary N) is 1. The average molecular weight is 1190 g/mol. The summed E-state index contributed by atoms with van der Waals surface area (Å²) in [4.78, 5) is 13.1. The first-order valence-corrected chi connectivity index (χ1v) is 37.2. The molecule has 9 heteroatoms. The van der Waals surface area contributed by atoms with Crippen LogP contribution >= 0.6 is 0 Å². The molecule has 9 nitrogen and oxygen atoms in total. The number of hydrogen-bond donors (Lipinski definition) is 6. The summed E-state index contributed by atoms with van der Waals surface area (Å²) in [6.45, 7) is 3.83. The van der Waals surface area contributed by atoms with E-state index < -0.39 is 49.5 Å². The first-order valence-electron chi connectivity index (χ1n) is 37.2. The molecular formula is C75H143NO8. The summed E-state index contributed by atoms with van der Waals surface area (Å²) in [6, 6.07) is -0.805. The minimum Gasteiger partial charge on any atom is -0.394 e. The lowest BCUT2D eigenvalue weighted by Crippen LogP contribution is -2.60. The summed E-state index contributed by atoms with van der Waals surface area (Å²) in [5.41, 5.74) is 0. The van der Waals surface area contributed by atoms with E-state index in [0.717, 1.165) is 44.9 Å². The maximum absolute atomic E-state index is 13.1. The number of aliphatic hydroxyl groups excluding tert-OH is 5. The van der Waals surface area contributed by atoms with Gasteiger partial charge in [0.1, 0.15) is 24.4 Å². The number of carbonyl (C=O) groups excluding carboxylic acids is 1. The van der Waals surface area contributed by atoms with Gasteiger partial charge in [0.05, 0.1) is 25.4 Å². The zero-order valence-corrected chi connectivity index (χ0v) is 55.7. The van der Waals surface area contributed by atoms with Crippen molar-refractivity contribution in [1.29, 1.82) is 0 Å². The molecule has 0 aliphatic carbocycles. The van der Waals surface area contributed by atoms with Gasteiger partial charge in [0.15, 0.2) is 6.29 Å². The topological polar surface area (TPSA) is 149 Å². The van der Waals surface area contributed by atoms with Gasteiger partial charge >= 0.3 is 0 Å². The second-order valence-electron chi connectivity index (χ2n) is 26.1. The molecule has 7 atom stereocenters. The van der Waals surface area contributed by atoms with Crippen LogP contribution in [-0.4, -0.2) is 87.5 Å². The molecule has 1 rings (SSSR count). The van der Waals surface area contributed by atoms with Crippen LogP contribution in [0.4, 0.5) is 0 Å². The molecular weight excluding hydrogens is 1040 g/mol. The van der Waals surface area contributed by atoms with Crippen LogP contribution in [0.25, 0.3) is 0 Å². The third-order valence-corrected chi connectivity index (χ3v) is 18.0. The highest BCUT2D eigenvalue weighted by atomic mass is 16.7. The summed E-state index contributed by atoms with van der Waals surface area (Å²) < 4.78 is 11.3. The molecule has 84 heavy (non-hydrogen) atoms. The maximum Gasteiger partial charge on any atom is 0.220 e. The Morgan fingerprint density at radius 2 is 0.702 bits per heavy atom. The van der Waals surface area contributed by atoms with E-state index in [2.05, 4.69) is 43.5 Å². The second kappa shape index (κ2) is 64.4. The van der Waals surface area contributed by atoms with Gasteiger partial charge in [-0.25, -0.2) is 0 Å². The van der Waals surface area contributed by atoms with E-state index in [0.29, 0.717) is 6.42 Å². The Morgan fingerprint density at radius 3 is 1.02 bits per heavy atom. The van der Waals surface area contributed by atoms with Crippen LogP contribution in [0.3, 0.4) is 0 Å². The van der Waals surface area contributed by atoms with Gasteiger partial charge in [-0.05, 0) is 51.4 Å². The Kier molecular flexibility index (Phi) is 61.7. The smallest absolute Gasteiger partial charge is 0.220 e. The van der Waals surface area contributed by atoms with Crippen LogP contribution in [0.1, 0.15) is 380 Å². The predicted molar refractivity (Wildman–Crippen MR) is 360 cm³/mol. The molecule has 0 bridgehead atoms. The monoisotopic (exact) mass is 1190 g/mol. The zero-order valence-electron chi connectivity index (χ0n) is 55.7. The quantitative estimate of drug-likeness (QED) is 0.0261. The number of rotatable bonds is 66. The van der Waals surface area contributed by atoms with E-state index in [-0.39, 0.29) is 12.5 Å². The van der Waals surface area contributed by atoms with Crippen molar-refractivity contribution in [2.45, 2.75) is 423 Å². The molecule has 1 amide bonds. The Bertz CT molecular complexity index is 1420. The number of aliphatic hydroxyl groups is 5. The van der Waals surface area contributed by atoms with Crippen molar-refractivity contribution in [3.63, 3.8) is 0 Å². The third-order valence-electron chi connectivity index (χ3n) is 18.0. The minimum absolute atomic E-state index is 0.169. The Labute approximate surface area is 521 Å². The largest absolute Gasteiger partial charge is 0.394 e. The van der Waals surface area contributed by atoms with Gasteiger partial charge in [-0.15, -0.1) is 0 Å². The van der Waals surface area contributed by atoms with Gasteiger partial charge in [-0.2, -0.15) is 0 Å². The third kappa shape index (κ3) is 52.4. The summed E-state index contributed by atoms with van der Waals surface area (Å²) in [5.74, 6) is -0.169. The fraction of sp³-hybridized carbons (Fsp3) is 0.907. The molecule has 1 heterocycles. The molecule has 6 N–H and O–H groups in total. The van der Waals surface area contributed by atoms with Crippen molar-refractivity contribution in [2.75, 3.05) is 13.2 Å². The molecule has 0 radical (unpaired) electrons. The van der Waals surface area contributed by atoms with E-state index in [4.69, 9.17) is 9.47 Å². The van der Waals surface area contributed by atoms with Gasteiger partial charge in [-0.3, -0.25) is 4.79 Å². The van der Waals surface area contributed by atoms with Crippen LogP contribution < -0.4 is 5.32 Å². The van der Waals surface area contributed by atoms with Gasteiger partial charge in [0, 0.05) is 6.42 Å². The highest BCUT2D eigenvalue weighted by Gasteiger charge is 2.44. The van der Waals surface area contributed by atoms with Gasteiger partial charge < -0.3 is 40.3 Å². The fourth-order valence-corrected chi connectivity index (χ4v) is 12.1. The van der Waals surface area contributed by atoms with Crippen molar-refractivity contribution in [3.8, 4) is 0 Å². The van der Waals surface area contributed by atoms with Crippen molar-refractivity contribution in [2.24, 2.45) is 0 Å². The maximum atomic E-state index is 13.1. The zero-order chi connectivity index (χ0) is 60.7. The number of amides is 1. The van der Waals surface area contributed by atoms with E-state index in [1.165, 1.54) is 315 Å². The van der Waals surface area contributed by atoms with Crippen LogP contribution in [0, 0.1) is 0 Å². The summed E-state index contributed by atoms with van der Waals surface area (Å²) in [7, 11) is 0. The van der Waals surface area contributed by atoms with Crippen molar-refractivity contribution < 1.29 is 39.8 Å². The molecule has 7 unspecified atom stereocenters. The SMILES string of the molecule is CCCCCCC/C=C\C/C=C\CCCCCCCCCCCCCCCCCCCCCCCC(=O)NC(COC1OC(CO)C(O)C(O)C1O)C(O)/C=C/CCCCCCCCCCCCCCCCCCCCCCCCCCCC. The molecule has 0 aromatic rings. The molecule has 0 aromatic heterocycles. The number of ether oxygens (including phenoxy) is 2. The normalized spacial score (nSPS) is 18.3. The highest BCUT2D eigenvalue weighted by molar-refractivity contribution is 5.76. The Balaban J connectivity index is 2.09. The molecule has 0 spiro atoms. The number of carbonyl (C=O) groups is 1. The molecule has 0 aromatic carbocycles. The van der Waals surface area contributed by atoms with Gasteiger partial charge in [-0.1, -0.05) is 359 Å². The fourth-order valence-electron chi connectivity index (χ4n) is 12.1. The lowest BCUT2D eigenvalue weighted by molar-refractivity contribution is -0.302. The van der Waals surface area contributed by atoms with E-state index in [9.17, 15) is 30.3 Å². The number of unbranched alkanes of at least 4 members (excludes halogenated alkanes) is 52. The standard InChI is InChI=1S/C75H143NO8/c1-3-5-7-9-11-13-15-17-19-21-23-25-27-29-31-33-34-35-36-37-39-41-43-45-47-49-51-53-55-57-59-61-63-65-71(79)76-68(67-83-75-74(82)73(81)72(80)70(66-77)84-75)69(78)64-62-60-58-56-54-52-50-48-46-44-42-40-38-32-30-28-26-24-22-20-18-16-14-12-10-8-6-4-2/h15,17,21,23,62,64,68-70,72-75,77-78,80-82H,3-14,16,18-20,22,24-61,63,65-67H2,1-2H3,(H,76,79)/b17-15-,23-21-,64-62+. The van der Waals surface area contributed by atoms with E-state index in [1.807, 2.05) is 6.08 Å². The Hall–Kier alpha value is -1.59. The molecule has 1 saturated heterocycles. The lowest BCUT2D eigenvalue weighted by Gasteiger charge is -2.40. The van der Waals surface area contributed by atoms with Crippen LogP contribution in [-0.2, 0) is 14.3 Å². The van der Waals surface area contributed by atoms with Crippen molar-refractivity contribution in [1.82, 2.24) is 5.32 Å². The van der Waals surface area contributed by atoms with Gasteiger partial charge in [0.2, 0.25) is 5.91 Å². The van der Waals surface area contributed by atoms with Crippen LogP contribution in [0.2, 0.25) is 0 Å². The highest BCUT2D eigenvalue weighted by Crippen LogP contribution is 2.24. The summed E-state index contributed by atoms with van der Waals surface area (Å²) in [6.07, 6.45) is 79.8. The predicted octanol–water partition coefficient (Wildman–Crippen LogP) is 20.6. The molecule has 1 aliphatic rings. The molecule has 1 fully saturated rings. The average Bonchev–Trinajstić information content (AvgIpc) is 3.70. The van der Waals surface area contributed by atoms with Crippen molar-refractivity contribution >= 4 is 5.91 Å². The Morgan fingerprint density at radius 1 is 0.405 bits per heavy atom.